The lowest BCUT2D eigenvalue weighted by Gasteiger charge is -2.44. The minimum atomic E-state index is -1.02. The zero-order chi connectivity index (χ0) is 80.4. The summed E-state index contributed by atoms with van der Waals surface area (Å²) in [5.74, 6) is -2.79. The Hall–Kier alpha value is -13.5. The summed E-state index contributed by atoms with van der Waals surface area (Å²) in [5.41, 5.74) is 8.85. The Morgan fingerprint density at radius 2 is 0.872 bits per heavy atom. The van der Waals surface area contributed by atoms with Crippen molar-refractivity contribution in [1.29, 1.82) is 0 Å². The number of pyridine rings is 2. The molecular weight excluding hydrogens is 1500 g/mol. The van der Waals surface area contributed by atoms with E-state index in [2.05, 4.69) is 51.6 Å². The fourth-order valence-electron chi connectivity index (χ4n) is 17.4. The molecule has 0 saturated carbocycles. The van der Waals surface area contributed by atoms with Gasteiger partial charge in [0, 0.05) is 116 Å². The van der Waals surface area contributed by atoms with Crippen LogP contribution in [-0.4, -0.2) is 222 Å². The second-order valence-corrected chi connectivity index (χ2v) is 30.7. The monoisotopic (exact) mass is 1580 g/mol. The number of hydrogen-bond donors (Lipinski definition) is 4. The molecular formula is C84H80F2N20O11. The number of rotatable bonds is 14. The summed E-state index contributed by atoms with van der Waals surface area (Å²) in [6.07, 6.45) is 7.87. The second-order valence-electron chi connectivity index (χ2n) is 30.7. The standard InChI is InChI=1S/C42H39FN10O5.C25H26FN7.C17H15N3O6/c43-27-5-1-4-25(20-27)32-7-3-15-51(32)37-13-12-35-44-22-34(53(35)47-37)31-6-2-8-36(45-31)48-16-18-49(19-17-48)40(56)26-23-50(24-26)28-9-10-29-30(21-28)42(58)52(41(29)57)33-11-14-38(54)46-39(33)55;26-19-5-1-4-18(16-19)21-7-3-13-32(21)25-10-9-23-28-17-22(33(23)30-25)20-6-2-8-24(29-20)31-14-11-27-12-15-31;21-13-4-3-12(14(22)18-13)20-15(23)10-2-1-9(5-11(10)16(20)24)19-6-8(7-19)17(25)26/h1-2,4-6,8-10,12-13,20-22,26,32-33H,3,7,11,14-19,23-24H2,(H,46,54,55);1-2,4-6,8-10,16-17,21,27H,3,7,11-15H2;1-2,5,8,12H,3-4,6-7H2,(H,25,26)(H,18,21,22)/t32-,33?;21-;/m11./s1. The Kier molecular flexibility index (Phi) is 19.9. The smallest absolute Gasteiger partial charge is 0.310 e. The first kappa shape index (κ1) is 74.9. The molecule has 9 amide bonds. The predicted molar refractivity (Wildman–Crippen MR) is 423 cm³/mol. The number of amides is 9. The molecule has 10 aliphatic heterocycles. The quantitative estimate of drug-likeness (QED) is 0.0818. The highest BCUT2D eigenvalue weighted by Crippen LogP contribution is 2.41. The van der Waals surface area contributed by atoms with Crippen molar-refractivity contribution in [2.45, 2.75) is 75.5 Å². The summed E-state index contributed by atoms with van der Waals surface area (Å²) in [7, 11) is 0. The molecule has 0 spiro atoms. The van der Waals surface area contributed by atoms with Gasteiger partial charge in [0.15, 0.2) is 11.3 Å². The van der Waals surface area contributed by atoms with Gasteiger partial charge in [0.05, 0.1) is 70.0 Å². The summed E-state index contributed by atoms with van der Waals surface area (Å²) in [5, 5.41) is 26.7. The van der Waals surface area contributed by atoms with Gasteiger partial charge in [0.25, 0.3) is 23.6 Å². The Bertz CT molecular complexity index is 5720. The number of nitrogens with zero attached hydrogens (tertiary/aromatic N) is 17. The van der Waals surface area contributed by atoms with E-state index in [1.54, 1.807) is 60.8 Å². The molecule has 0 aliphatic carbocycles. The number of aromatic nitrogens is 8. The molecule has 117 heavy (non-hydrogen) atoms. The van der Waals surface area contributed by atoms with E-state index < -0.39 is 71.2 Å². The Morgan fingerprint density at radius 3 is 1.32 bits per heavy atom. The maximum Gasteiger partial charge on any atom is 0.310 e. The number of piperidine rings is 2. The minimum Gasteiger partial charge on any atom is -0.481 e. The number of carboxylic acids is 1. The molecule has 16 heterocycles. The third-order valence-corrected chi connectivity index (χ3v) is 23.6. The molecule has 4 atom stereocenters. The third kappa shape index (κ3) is 14.4. The van der Waals surface area contributed by atoms with Crippen LogP contribution in [-0.2, 0) is 28.8 Å². The number of halogens is 2. The molecule has 0 bridgehead atoms. The molecule has 10 aromatic rings. The number of carboxylic acid groups (broad SMARTS) is 1. The fraction of sp³-hybridized carbons (Fsp3) is 0.333. The van der Waals surface area contributed by atoms with Crippen molar-refractivity contribution in [1.82, 2.24) is 69.8 Å². The number of nitrogens with one attached hydrogen (secondary N) is 3. The Morgan fingerprint density at radius 1 is 0.427 bits per heavy atom. The third-order valence-electron chi connectivity index (χ3n) is 23.6. The topological polar surface area (TPSA) is 342 Å². The van der Waals surface area contributed by atoms with Crippen molar-refractivity contribution in [3.05, 3.63) is 203 Å². The van der Waals surface area contributed by atoms with Gasteiger partial charge in [-0.15, -0.1) is 10.2 Å². The van der Waals surface area contributed by atoms with Crippen LogP contribution in [0.25, 0.3) is 34.1 Å². The highest BCUT2D eigenvalue weighted by molar-refractivity contribution is 6.25. The van der Waals surface area contributed by atoms with E-state index in [0.717, 1.165) is 143 Å². The van der Waals surface area contributed by atoms with Crippen LogP contribution < -0.4 is 45.3 Å². The maximum absolute atomic E-state index is 14.1. The van der Waals surface area contributed by atoms with Crippen LogP contribution in [0.2, 0.25) is 0 Å². The molecule has 6 aromatic heterocycles. The zero-order valence-electron chi connectivity index (χ0n) is 63.4. The molecule has 31 nitrogen and oxygen atoms in total. The van der Waals surface area contributed by atoms with Crippen molar-refractivity contribution in [3.63, 3.8) is 0 Å². The predicted octanol–water partition coefficient (Wildman–Crippen LogP) is 6.75. The molecule has 20 rings (SSSR count). The molecule has 596 valence electrons. The number of imidazole rings is 2. The molecule has 0 radical (unpaired) electrons. The van der Waals surface area contributed by atoms with E-state index in [0.29, 0.717) is 63.7 Å². The van der Waals surface area contributed by atoms with E-state index in [9.17, 15) is 56.7 Å². The first-order chi connectivity index (χ1) is 56.8. The van der Waals surface area contributed by atoms with Gasteiger partial charge in [-0.05, 0) is 159 Å². The first-order valence-corrected chi connectivity index (χ1v) is 39.4. The number of carbonyl (C=O) groups excluding carboxylic acids is 9. The minimum absolute atomic E-state index is 0.0363. The average molecular weight is 1580 g/mol. The van der Waals surface area contributed by atoms with Crippen molar-refractivity contribution in [3.8, 4) is 22.8 Å². The van der Waals surface area contributed by atoms with Crippen LogP contribution in [0, 0.1) is 23.5 Å². The lowest BCUT2D eigenvalue weighted by Crippen LogP contribution is -2.58. The van der Waals surface area contributed by atoms with Crippen LogP contribution in [0.15, 0.2) is 158 Å². The molecule has 4 N–H and O–H groups in total. The first-order valence-electron chi connectivity index (χ1n) is 39.4. The van der Waals surface area contributed by atoms with Crippen LogP contribution in [0.1, 0.15) is 116 Å². The van der Waals surface area contributed by atoms with Gasteiger partial charge in [0.1, 0.15) is 58.4 Å². The molecule has 2 unspecified atom stereocenters. The average Bonchev–Trinajstić information content (AvgIpc) is 1.62. The van der Waals surface area contributed by atoms with Crippen LogP contribution in [0.5, 0.6) is 0 Å². The molecule has 4 aromatic carbocycles. The van der Waals surface area contributed by atoms with Crippen molar-refractivity contribution in [2.24, 2.45) is 11.8 Å². The van der Waals surface area contributed by atoms with Gasteiger partial charge in [-0.2, -0.15) is 0 Å². The highest BCUT2D eigenvalue weighted by atomic mass is 19.1. The van der Waals surface area contributed by atoms with E-state index in [4.69, 9.17) is 25.3 Å². The van der Waals surface area contributed by atoms with E-state index in [-0.39, 0.29) is 83.5 Å². The molecule has 10 aliphatic rings. The molecule has 33 heteroatoms. The molecule has 8 fully saturated rings. The fourth-order valence-corrected chi connectivity index (χ4v) is 17.4. The summed E-state index contributed by atoms with van der Waals surface area (Å²) in [6, 6.07) is 41.5. The van der Waals surface area contributed by atoms with Gasteiger partial charge in [-0.3, -0.25) is 68.4 Å². The number of benzene rings is 4. The van der Waals surface area contributed by atoms with Crippen LogP contribution in [0.3, 0.4) is 0 Å². The van der Waals surface area contributed by atoms with Crippen molar-refractivity contribution >= 4 is 105 Å². The lowest BCUT2D eigenvalue weighted by atomic mass is 9.96. The summed E-state index contributed by atoms with van der Waals surface area (Å²) >= 11 is 0. The number of carbonyl (C=O) groups is 10. The number of piperazine rings is 2. The normalized spacial score (nSPS) is 21.0. The van der Waals surface area contributed by atoms with Gasteiger partial charge >= 0.3 is 5.97 Å². The van der Waals surface area contributed by atoms with Gasteiger partial charge < -0.3 is 44.7 Å². The van der Waals surface area contributed by atoms with Crippen molar-refractivity contribution < 1.29 is 61.8 Å². The zero-order valence-corrected chi connectivity index (χ0v) is 63.4. The van der Waals surface area contributed by atoms with E-state index in [1.807, 2.05) is 96.7 Å². The lowest BCUT2D eigenvalue weighted by molar-refractivity contribution is -0.142. The van der Waals surface area contributed by atoms with E-state index in [1.165, 1.54) is 18.2 Å². The van der Waals surface area contributed by atoms with Gasteiger partial charge in [0.2, 0.25) is 29.5 Å². The maximum atomic E-state index is 14.1. The second kappa shape index (κ2) is 31.0. The van der Waals surface area contributed by atoms with Gasteiger partial charge in [-0.25, -0.2) is 37.7 Å². The number of hydrogen-bond acceptors (Lipinski definition) is 23. The van der Waals surface area contributed by atoms with Gasteiger partial charge in [-0.1, -0.05) is 36.4 Å². The number of imide groups is 4. The number of anilines is 6. The summed E-state index contributed by atoms with van der Waals surface area (Å²) in [4.78, 5) is 159. The number of fused-ring (bicyclic) bond motifs is 4. The van der Waals surface area contributed by atoms with Crippen LogP contribution >= 0.6 is 0 Å². The highest BCUT2D eigenvalue weighted by Gasteiger charge is 2.48. The van der Waals surface area contributed by atoms with Crippen molar-refractivity contribution in [2.75, 3.05) is 121 Å². The Labute approximate surface area is 667 Å². The summed E-state index contributed by atoms with van der Waals surface area (Å²) in [6.45, 7) is 9.53. The SMILES string of the molecule is Fc1cccc([C@H]2CCCN2c2ccc3ncc(-c4cccc(N5CCNCC5)n4)n3n2)c1.O=C1CCC(N2C(=O)c3ccc(N4CC(C(=O)N5CCN(c6cccc(-c7cnc8ccc(N9CCC[C@@H]9c9cccc(F)c9)nn78)n6)CC5)C4)cc3C2=O)C(=O)N1.O=C1CCC(N2C(=O)c3ccc(N4CC(C(=O)O)C4)cc3C2=O)C(=O)N1. The largest absolute Gasteiger partial charge is 0.481 e. The van der Waals surface area contributed by atoms with E-state index >= 15 is 0 Å². The Balaban J connectivity index is 0.000000134. The summed E-state index contributed by atoms with van der Waals surface area (Å²) < 4.78 is 31.7. The van der Waals surface area contributed by atoms with Crippen LogP contribution in [0.4, 0.5) is 43.4 Å². The number of aliphatic carboxylic acids is 1. The molecule has 8 saturated heterocycles.